The van der Waals surface area contributed by atoms with Gasteiger partial charge in [0, 0.05) is 26.3 Å². The molecule has 0 saturated carbocycles. The van der Waals surface area contributed by atoms with Gasteiger partial charge in [-0.2, -0.15) is 18.3 Å². The van der Waals surface area contributed by atoms with E-state index in [0.29, 0.717) is 18.8 Å². The van der Waals surface area contributed by atoms with Crippen molar-refractivity contribution in [3.63, 3.8) is 0 Å². The second kappa shape index (κ2) is 6.82. The molecule has 0 aliphatic carbocycles. The van der Waals surface area contributed by atoms with Gasteiger partial charge in [0.25, 0.3) is 5.91 Å². The third-order valence-electron chi connectivity index (χ3n) is 3.28. The van der Waals surface area contributed by atoms with Gasteiger partial charge in [-0.05, 0) is 19.2 Å². The number of aromatic nitrogens is 2. The van der Waals surface area contributed by atoms with Crippen molar-refractivity contribution in [2.45, 2.75) is 6.18 Å². The first kappa shape index (κ1) is 17.0. The van der Waals surface area contributed by atoms with Crippen LogP contribution in [0, 0.1) is 0 Å². The second-order valence-electron chi connectivity index (χ2n) is 5.00. The summed E-state index contributed by atoms with van der Waals surface area (Å²) in [5.74, 6) is -0.713. The largest absolute Gasteiger partial charge is 0.435 e. The molecule has 2 aromatic rings. The molecule has 0 spiro atoms. The maximum Gasteiger partial charge on any atom is 0.435 e. The number of carbonyl (C=O) groups is 1. The van der Waals surface area contributed by atoms with E-state index in [2.05, 4.69) is 10.4 Å². The highest BCUT2D eigenvalue weighted by Crippen LogP contribution is 2.31. The molecule has 1 heterocycles. The van der Waals surface area contributed by atoms with E-state index in [4.69, 9.17) is 0 Å². The van der Waals surface area contributed by atoms with Crippen molar-refractivity contribution < 1.29 is 18.0 Å². The molecule has 8 heteroatoms. The fraction of sp³-hybridized carbons (Fsp3) is 0.333. The van der Waals surface area contributed by atoms with Gasteiger partial charge in [0.05, 0.1) is 11.3 Å². The molecule has 0 aliphatic rings. The monoisotopic (exact) mass is 326 g/mol. The van der Waals surface area contributed by atoms with Crippen LogP contribution in [0.5, 0.6) is 0 Å². The molecule has 23 heavy (non-hydrogen) atoms. The predicted molar refractivity (Wildman–Crippen MR) is 79.5 cm³/mol. The Hall–Kier alpha value is -2.35. The second-order valence-corrected chi connectivity index (χ2v) is 5.00. The summed E-state index contributed by atoms with van der Waals surface area (Å²) in [6.07, 6.45) is -3.58. The first-order chi connectivity index (χ1) is 10.8. The molecule has 0 saturated heterocycles. The number of nitrogens with zero attached hydrogens (tertiary/aromatic N) is 3. The zero-order valence-electron chi connectivity index (χ0n) is 12.8. The number of amides is 1. The molecular weight excluding hydrogens is 309 g/mol. The van der Waals surface area contributed by atoms with Gasteiger partial charge >= 0.3 is 6.18 Å². The van der Waals surface area contributed by atoms with Gasteiger partial charge in [-0.1, -0.05) is 18.2 Å². The van der Waals surface area contributed by atoms with E-state index >= 15 is 0 Å². The van der Waals surface area contributed by atoms with Crippen LogP contribution in [0.3, 0.4) is 0 Å². The van der Waals surface area contributed by atoms with E-state index in [1.54, 1.807) is 37.4 Å². The van der Waals surface area contributed by atoms with E-state index in [-0.39, 0.29) is 0 Å². The van der Waals surface area contributed by atoms with Gasteiger partial charge in [0.2, 0.25) is 0 Å². The fourth-order valence-corrected chi connectivity index (χ4v) is 2.04. The van der Waals surface area contributed by atoms with Crippen molar-refractivity contribution in [2.75, 3.05) is 27.2 Å². The smallest absolute Gasteiger partial charge is 0.340 e. The summed E-state index contributed by atoms with van der Waals surface area (Å²) in [5.41, 5.74) is -1.18. The zero-order chi connectivity index (χ0) is 17.0. The average Bonchev–Trinajstić information content (AvgIpc) is 2.98. The number of hydrogen-bond donors (Lipinski definition) is 1. The molecule has 1 amide bonds. The molecule has 0 unspecified atom stereocenters. The molecule has 0 atom stereocenters. The normalized spacial score (nSPS) is 11.5. The minimum Gasteiger partial charge on any atom is -0.340 e. The van der Waals surface area contributed by atoms with Crippen LogP contribution < -0.4 is 5.32 Å². The lowest BCUT2D eigenvalue weighted by Crippen LogP contribution is -2.33. The SMILES string of the molecule is CNCCN(C)C(=O)c1cn(-c2ccccc2)nc1C(F)(F)F. The average molecular weight is 326 g/mol. The molecule has 1 aromatic carbocycles. The lowest BCUT2D eigenvalue weighted by Gasteiger charge is -2.17. The maximum absolute atomic E-state index is 13.2. The Morgan fingerprint density at radius 2 is 1.96 bits per heavy atom. The van der Waals surface area contributed by atoms with Crippen LogP contribution in [-0.2, 0) is 6.18 Å². The first-order valence-electron chi connectivity index (χ1n) is 6.97. The number of rotatable bonds is 5. The maximum atomic E-state index is 13.2. The summed E-state index contributed by atoms with van der Waals surface area (Å²) in [7, 11) is 3.16. The Kier molecular flexibility index (Phi) is 5.05. The fourth-order valence-electron chi connectivity index (χ4n) is 2.04. The molecule has 124 valence electrons. The number of alkyl halides is 3. The summed E-state index contributed by atoms with van der Waals surface area (Å²) in [4.78, 5) is 13.5. The molecule has 2 rings (SSSR count). The third kappa shape index (κ3) is 3.89. The van der Waals surface area contributed by atoms with Crippen molar-refractivity contribution in [1.82, 2.24) is 20.0 Å². The molecule has 0 radical (unpaired) electrons. The van der Waals surface area contributed by atoms with Gasteiger partial charge < -0.3 is 10.2 Å². The van der Waals surface area contributed by atoms with E-state index in [1.165, 1.54) is 11.9 Å². The van der Waals surface area contributed by atoms with Crippen LogP contribution in [0.15, 0.2) is 36.5 Å². The van der Waals surface area contributed by atoms with Gasteiger partial charge in [-0.15, -0.1) is 0 Å². The van der Waals surface area contributed by atoms with Crippen molar-refractivity contribution in [1.29, 1.82) is 0 Å². The molecule has 0 fully saturated rings. The Morgan fingerprint density at radius 1 is 1.30 bits per heavy atom. The van der Waals surface area contributed by atoms with E-state index < -0.39 is 23.3 Å². The number of para-hydroxylation sites is 1. The lowest BCUT2D eigenvalue weighted by molar-refractivity contribution is -0.141. The molecule has 1 N–H and O–H groups in total. The molecule has 1 aromatic heterocycles. The zero-order valence-corrected chi connectivity index (χ0v) is 12.8. The Labute approximate surface area is 131 Å². The standard InChI is InChI=1S/C15H17F3N4O/c1-19-8-9-21(2)14(23)12-10-22(11-6-4-3-5-7-11)20-13(12)15(16,17)18/h3-7,10,19H,8-9H2,1-2H3. The van der Waals surface area contributed by atoms with Gasteiger partial charge in [-0.25, -0.2) is 4.68 Å². The van der Waals surface area contributed by atoms with Crippen molar-refractivity contribution in [3.05, 3.63) is 47.8 Å². The quantitative estimate of drug-likeness (QED) is 0.916. The summed E-state index contributed by atoms with van der Waals surface area (Å²) in [5, 5.41) is 6.41. The Bertz CT molecular complexity index is 667. The number of nitrogens with one attached hydrogen (secondary N) is 1. The van der Waals surface area contributed by atoms with E-state index in [9.17, 15) is 18.0 Å². The Balaban J connectivity index is 2.41. The van der Waals surface area contributed by atoms with Crippen molar-refractivity contribution in [3.8, 4) is 5.69 Å². The summed E-state index contributed by atoms with van der Waals surface area (Å²) < 4.78 is 40.7. The minimum atomic E-state index is -4.70. The highest BCUT2D eigenvalue weighted by molar-refractivity contribution is 5.95. The van der Waals surface area contributed by atoms with Crippen LogP contribution in [0.1, 0.15) is 16.1 Å². The van der Waals surface area contributed by atoms with Crippen LogP contribution in [-0.4, -0.2) is 47.8 Å². The third-order valence-corrected chi connectivity index (χ3v) is 3.28. The van der Waals surface area contributed by atoms with Crippen LogP contribution >= 0.6 is 0 Å². The highest BCUT2D eigenvalue weighted by atomic mass is 19.4. The topological polar surface area (TPSA) is 50.2 Å². The van der Waals surface area contributed by atoms with Gasteiger partial charge in [-0.3, -0.25) is 4.79 Å². The van der Waals surface area contributed by atoms with Gasteiger partial charge in [0.15, 0.2) is 5.69 Å². The number of likely N-dealkylation sites (N-methyl/N-ethyl adjacent to an activating group) is 2. The number of benzene rings is 1. The molecular formula is C15H17F3N4O. The van der Waals surface area contributed by atoms with Gasteiger partial charge in [0.1, 0.15) is 0 Å². The van der Waals surface area contributed by atoms with Crippen LogP contribution in [0.2, 0.25) is 0 Å². The highest BCUT2D eigenvalue weighted by Gasteiger charge is 2.40. The predicted octanol–water partition coefficient (Wildman–Crippen LogP) is 2.18. The van der Waals surface area contributed by atoms with E-state index in [1.807, 2.05) is 0 Å². The number of hydrogen-bond acceptors (Lipinski definition) is 3. The lowest BCUT2D eigenvalue weighted by atomic mass is 10.2. The molecule has 0 aliphatic heterocycles. The van der Waals surface area contributed by atoms with Crippen molar-refractivity contribution in [2.24, 2.45) is 0 Å². The number of halogens is 3. The number of carbonyl (C=O) groups excluding carboxylic acids is 1. The summed E-state index contributed by atoms with van der Waals surface area (Å²) in [6.45, 7) is 0.777. The Morgan fingerprint density at radius 3 is 2.52 bits per heavy atom. The van der Waals surface area contributed by atoms with Crippen LogP contribution in [0.4, 0.5) is 13.2 Å². The summed E-state index contributed by atoms with van der Waals surface area (Å²) >= 11 is 0. The van der Waals surface area contributed by atoms with E-state index in [0.717, 1.165) is 10.9 Å². The first-order valence-corrected chi connectivity index (χ1v) is 6.97. The minimum absolute atomic E-state index is 0.295. The molecule has 5 nitrogen and oxygen atoms in total. The molecule has 0 bridgehead atoms. The van der Waals surface area contributed by atoms with Crippen molar-refractivity contribution >= 4 is 5.91 Å². The van der Waals surface area contributed by atoms with Crippen LogP contribution in [0.25, 0.3) is 5.69 Å². The summed E-state index contributed by atoms with van der Waals surface area (Å²) in [6, 6.07) is 8.35.